The predicted octanol–water partition coefficient (Wildman–Crippen LogP) is 3.83. The molecule has 0 bridgehead atoms. The van der Waals surface area contributed by atoms with Crippen molar-refractivity contribution >= 4 is 40.9 Å². The third-order valence-electron chi connectivity index (χ3n) is 3.37. The Hall–Kier alpha value is -1.50. The molecule has 2 rings (SSSR count). The third-order valence-corrected chi connectivity index (χ3v) is 5.06. The van der Waals surface area contributed by atoms with Gasteiger partial charge in [0.1, 0.15) is 5.82 Å². The summed E-state index contributed by atoms with van der Waals surface area (Å²) in [4.78, 5) is 14.0. The largest absolute Gasteiger partial charge is 0.341 e. The molecule has 24 heavy (non-hydrogen) atoms. The highest BCUT2D eigenvalue weighted by molar-refractivity contribution is 7.99. The molecule has 2 aromatic rings. The van der Waals surface area contributed by atoms with E-state index in [-0.39, 0.29) is 11.7 Å². The number of hydrogen-bond donors (Lipinski definition) is 0. The maximum Gasteiger partial charge on any atom is 0.233 e. The number of carbonyl (C=O) groups excluding carboxylic acids is 1. The summed E-state index contributed by atoms with van der Waals surface area (Å²) < 4.78 is 1.92. The second kappa shape index (κ2) is 8.55. The SMILES string of the molecule is C=CCn1c(C)nnc1SCC(=O)N(C)Cc1ccc(Cl)c(Cl)c1. The fourth-order valence-corrected chi connectivity index (χ4v) is 3.30. The van der Waals surface area contributed by atoms with Gasteiger partial charge in [-0.15, -0.1) is 16.8 Å². The van der Waals surface area contributed by atoms with E-state index in [0.29, 0.717) is 28.3 Å². The Bertz CT molecular complexity index is 748. The average Bonchev–Trinajstić information content (AvgIpc) is 2.89. The first-order valence-electron chi connectivity index (χ1n) is 7.23. The summed E-state index contributed by atoms with van der Waals surface area (Å²) in [6.45, 7) is 6.68. The number of nitrogens with zero attached hydrogens (tertiary/aromatic N) is 4. The summed E-state index contributed by atoms with van der Waals surface area (Å²) in [6.07, 6.45) is 1.78. The van der Waals surface area contributed by atoms with E-state index in [9.17, 15) is 4.79 Å². The van der Waals surface area contributed by atoms with E-state index in [1.54, 1.807) is 30.2 Å². The van der Waals surface area contributed by atoms with Crippen LogP contribution in [0.25, 0.3) is 0 Å². The van der Waals surface area contributed by atoms with Crippen LogP contribution in [0.4, 0.5) is 0 Å². The number of thioether (sulfide) groups is 1. The van der Waals surface area contributed by atoms with E-state index in [0.717, 1.165) is 11.4 Å². The Morgan fingerprint density at radius 3 is 2.79 bits per heavy atom. The lowest BCUT2D eigenvalue weighted by atomic mass is 10.2. The van der Waals surface area contributed by atoms with Crippen LogP contribution >= 0.6 is 35.0 Å². The van der Waals surface area contributed by atoms with Crippen molar-refractivity contribution in [1.29, 1.82) is 0 Å². The standard InChI is InChI=1S/C16H18Cl2N4OS/c1-4-7-22-11(2)19-20-16(22)24-10-15(23)21(3)9-12-5-6-13(17)14(18)8-12/h4-6,8H,1,7,9-10H2,2-3H3. The molecule has 128 valence electrons. The van der Waals surface area contributed by atoms with Crippen molar-refractivity contribution in [2.24, 2.45) is 0 Å². The highest BCUT2D eigenvalue weighted by Crippen LogP contribution is 2.23. The minimum atomic E-state index is -0.00289. The zero-order valence-corrected chi connectivity index (χ0v) is 15.8. The molecule has 0 aliphatic carbocycles. The van der Waals surface area contributed by atoms with Crippen LogP contribution in [0.1, 0.15) is 11.4 Å². The minimum absolute atomic E-state index is 0.00289. The predicted molar refractivity (Wildman–Crippen MR) is 98.6 cm³/mol. The van der Waals surface area contributed by atoms with Crippen molar-refractivity contribution in [2.45, 2.75) is 25.2 Å². The van der Waals surface area contributed by atoms with Crippen LogP contribution in [0.15, 0.2) is 36.0 Å². The van der Waals surface area contributed by atoms with Gasteiger partial charge in [-0.05, 0) is 24.6 Å². The van der Waals surface area contributed by atoms with Crippen LogP contribution < -0.4 is 0 Å². The number of aryl methyl sites for hydroxylation is 1. The number of amides is 1. The first-order chi connectivity index (χ1) is 11.4. The maximum atomic E-state index is 12.3. The van der Waals surface area contributed by atoms with Crippen LogP contribution in [0.5, 0.6) is 0 Å². The Labute approximate surface area is 155 Å². The number of aromatic nitrogens is 3. The molecule has 1 aromatic carbocycles. The molecule has 0 radical (unpaired) electrons. The summed E-state index contributed by atoms with van der Waals surface area (Å²) in [6, 6.07) is 5.35. The van der Waals surface area contributed by atoms with Crippen molar-refractivity contribution in [1.82, 2.24) is 19.7 Å². The van der Waals surface area contributed by atoms with Crippen LogP contribution in [0.3, 0.4) is 0 Å². The second-order valence-electron chi connectivity index (χ2n) is 5.22. The normalized spacial score (nSPS) is 10.7. The molecule has 1 aromatic heterocycles. The fourth-order valence-electron chi connectivity index (χ4n) is 2.04. The highest BCUT2D eigenvalue weighted by atomic mass is 35.5. The van der Waals surface area contributed by atoms with Crippen molar-refractivity contribution in [3.05, 3.63) is 52.3 Å². The van der Waals surface area contributed by atoms with Gasteiger partial charge in [-0.3, -0.25) is 4.79 Å². The van der Waals surface area contributed by atoms with E-state index in [2.05, 4.69) is 16.8 Å². The van der Waals surface area contributed by atoms with Crippen LogP contribution in [0.2, 0.25) is 10.0 Å². The van der Waals surface area contributed by atoms with Gasteiger partial charge in [-0.1, -0.05) is 47.1 Å². The van der Waals surface area contributed by atoms with Gasteiger partial charge in [0.2, 0.25) is 5.91 Å². The Morgan fingerprint density at radius 1 is 1.38 bits per heavy atom. The van der Waals surface area contributed by atoms with E-state index in [1.165, 1.54) is 11.8 Å². The van der Waals surface area contributed by atoms with Crippen molar-refractivity contribution < 1.29 is 4.79 Å². The number of hydrogen-bond acceptors (Lipinski definition) is 4. The van der Waals surface area contributed by atoms with E-state index < -0.39 is 0 Å². The summed E-state index contributed by atoms with van der Waals surface area (Å²) in [5.74, 6) is 1.08. The summed E-state index contributed by atoms with van der Waals surface area (Å²) in [5, 5.41) is 9.83. The first kappa shape index (κ1) is 18.8. The van der Waals surface area contributed by atoms with E-state index in [4.69, 9.17) is 23.2 Å². The van der Waals surface area contributed by atoms with Crippen molar-refractivity contribution in [3.8, 4) is 0 Å². The van der Waals surface area contributed by atoms with Gasteiger partial charge < -0.3 is 9.47 Å². The molecule has 0 spiro atoms. The van der Waals surface area contributed by atoms with Gasteiger partial charge in [-0.25, -0.2) is 0 Å². The molecule has 0 saturated carbocycles. The van der Waals surface area contributed by atoms with Gasteiger partial charge in [0.25, 0.3) is 0 Å². The van der Waals surface area contributed by atoms with Gasteiger partial charge in [0.15, 0.2) is 5.16 Å². The van der Waals surface area contributed by atoms with Gasteiger partial charge >= 0.3 is 0 Å². The fraction of sp³-hybridized carbons (Fsp3) is 0.312. The molecule has 0 atom stereocenters. The van der Waals surface area contributed by atoms with Crippen LogP contribution in [-0.2, 0) is 17.9 Å². The quantitative estimate of drug-likeness (QED) is 0.537. The number of halogens is 2. The Balaban J connectivity index is 1.94. The number of rotatable bonds is 7. The van der Waals surface area contributed by atoms with Gasteiger partial charge in [-0.2, -0.15) is 0 Å². The summed E-state index contributed by atoms with van der Waals surface area (Å²) >= 11 is 13.3. The smallest absolute Gasteiger partial charge is 0.233 e. The minimum Gasteiger partial charge on any atom is -0.341 e. The van der Waals surface area contributed by atoms with Crippen LogP contribution in [-0.4, -0.2) is 38.4 Å². The first-order valence-corrected chi connectivity index (χ1v) is 8.98. The summed E-state index contributed by atoms with van der Waals surface area (Å²) in [5.41, 5.74) is 0.927. The molecule has 5 nitrogen and oxygen atoms in total. The molecule has 0 saturated heterocycles. The zero-order chi connectivity index (χ0) is 17.7. The molecule has 0 fully saturated rings. The van der Waals surface area contributed by atoms with Crippen LogP contribution in [0, 0.1) is 6.92 Å². The van der Waals surface area contributed by atoms with Gasteiger partial charge in [0.05, 0.1) is 15.8 Å². The monoisotopic (exact) mass is 384 g/mol. The number of benzene rings is 1. The summed E-state index contributed by atoms with van der Waals surface area (Å²) in [7, 11) is 1.76. The molecule has 8 heteroatoms. The number of allylic oxidation sites excluding steroid dienone is 1. The highest BCUT2D eigenvalue weighted by Gasteiger charge is 2.14. The lowest BCUT2D eigenvalue weighted by molar-refractivity contribution is -0.127. The molecule has 1 amide bonds. The average molecular weight is 385 g/mol. The molecular formula is C16H18Cl2N4OS. The Morgan fingerprint density at radius 2 is 2.12 bits per heavy atom. The molecular weight excluding hydrogens is 367 g/mol. The molecule has 0 aliphatic rings. The molecule has 0 N–H and O–H groups in total. The topological polar surface area (TPSA) is 51.0 Å². The van der Waals surface area contributed by atoms with E-state index >= 15 is 0 Å². The molecule has 0 aliphatic heterocycles. The zero-order valence-electron chi connectivity index (χ0n) is 13.5. The second-order valence-corrected chi connectivity index (χ2v) is 6.97. The van der Waals surface area contributed by atoms with E-state index in [1.807, 2.05) is 17.6 Å². The Kier molecular flexibility index (Phi) is 6.71. The van der Waals surface area contributed by atoms with Gasteiger partial charge in [0, 0.05) is 20.1 Å². The number of carbonyl (C=O) groups is 1. The lowest BCUT2D eigenvalue weighted by Crippen LogP contribution is -2.27. The van der Waals surface area contributed by atoms with Crippen molar-refractivity contribution in [3.63, 3.8) is 0 Å². The third kappa shape index (κ3) is 4.75. The molecule has 0 unspecified atom stereocenters. The molecule has 1 heterocycles. The lowest BCUT2D eigenvalue weighted by Gasteiger charge is -2.17. The van der Waals surface area contributed by atoms with Crippen molar-refractivity contribution in [2.75, 3.05) is 12.8 Å². The maximum absolute atomic E-state index is 12.3.